The van der Waals surface area contributed by atoms with Crippen LogP contribution in [0.15, 0.2) is 6.20 Å². The van der Waals surface area contributed by atoms with Crippen molar-refractivity contribution < 1.29 is 4.74 Å². The van der Waals surface area contributed by atoms with E-state index in [1.165, 1.54) is 12.8 Å². The molecular weight excluding hydrogens is 294 g/mol. The third kappa shape index (κ3) is 2.95. The van der Waals surface area contributed by atoms with Gasteiger partial charge < -0.3 is 9.64 Å². The molecule has 1 aliphatic carbocycles. The number of aromatic nitrogens is 6. The SMILES string of the molecule is COC1CCN(c2nnc(-c3cn(C)nn3)n2CC2CC2)CC1. The van der Waals surface area contributed by atoms with Gasteiger partial charge in [0.1, 0.15) is 0 Å². The molecule has 3 heterocycles. The van der Waals surface area contributed by atoms with Crippen molar-refractivity contribution in [2.75, 3.05) is 25.1 Å². The Bertz CT molecular complexity index is 667. The van der Waals surface area contributed by atoms with E-state index in [2.05, 4.69) is 30.0 Å². The number of nitrogens with zero attached hydrogens (tertiary/aromatic N) is 7. The first-order valence-electron chi connectivity index (χ1n) is 8.32. The summed E-state index contributed by atoms with van der Waals surface area (Å²) in [4.78, 5) is 2.32. The topological polar surface area (TPSA) is 73.9 Å². The highest BCUT2D eigenvalue weighted by Gasteiger charge is 2.29. The molecule has 23 heavy (non-hydrogen) atoms. The predicted octanol–water partition coefficient (Wildman–Crippen LogP) is 1.10. The molecule has 2 aromatic heterocycles. The van der Waals surface area contributed by atoms with Gasteiger partial charge >= 0.3 is 0 Å². The van der Waals surface area contributed by atoms with Crippen LogP contribution in [0.25, 0.3) is 11.5 Å². The zero-order chi connectivity index (χ0) is 15.8. The predicted molar refractivity (Wildman–Crippen MR) is 85.0 cm³/mol. The van der Waals surface area contributed by atoms with E-state index in [9.17, 15) is 0 Å². The van der Waals surface area contributed by atoms with Gasteiger partial charge in [-0.25, -0.2) is 0 Å². The molecule has 124 valence electrons. The maximum Gasteiger partial charge on any atom is 0.227 e. The molecule has 2 aromatic rings. The summed E-state index contributed by atoms with van der Waals surface area (Å²) >= 11 is 0. The van der Waals surface area contributed by atoms with E-state index in [1.54, 1.807) is 11.8 Å². The average Bonchev–Trinajstić information content (AvgIpc) is 3.13. The lowest BCUT2D eigenvalue weighted by Gasteiger charge is -2.32. The first kappa shape index (κ1) is 14.6. The van der Waals surface area contributed by atoms with Crippen LogP contribution in [-0.4, -0.2) is 56.1 Å². The van der Waals surface area contributed by atoms with Gasteiger partial charge in [-0.2, -0.15) is 0 Å². The molecule has 0 N–H and O–H groups in total. The van der Waals surface area contributed by atoms with Crippen LogP contribution < -0.4 is 4.90 Å². The number of hydrogen-bond acceptors (Lipinski definition) is 6. The van der Waals surface area contributed by atoms with E-state index < -0.39 is 0 Å². The lowest BCUT2D eigenvalue weighted by atomic mass is 10.1. The van der Waals surface area contributed by atoms with Gasteiger partial charge in [-0.05, 0) is 31.6 Å². The lowest BCUT2D eigenvalue weighted by molar-refractivity contribution is 0.0815. The maximum absolute atomic E-state index is 5.47. The molecular formula is C15H23N7O. The van der Waals surface area contributed by atoms with E-state index in [4.69, 9.17) is 4.74 Å². The number of aryl methyl sites for hydroxylation is 1. The highest BCUT2D eigenvalue weighted by atomic mass is 16.5. The monoisotopic (exact) mass is 317 g/mol. The third-order valence-electron chi connectivity index (χ3n) is 4.76. The van der Waals surface area contributed by atoms with Crippen molar-refractivity contribution in [1.82, 2.24) is 29.8 Å². The Balaban J connectivity index is 1.62. The molecule has 8 heteroatoms. The van der Waals surface area contributed by atoms with E-state index in [-0.39, 0.29) is 0 Å². The minimum atomic E-state index is 0.366. The molecule has 0 unspecified atom stereocenters. The van der Waals surface area contributed by atoms with Crippen LogP contribution in [0.2, 0.25) is 0 Å². The number of methoxy groups -OCH3 is 1. The highest BCUT2D eigenvalue weighted by Crippen LogP contribution is 2.34. The molecule has 1 aliphatic heterocycles. The molecule has 0 bridgehead atoms. The quantitative estimate of drug-likeness (QED) is 0.822. The fourth-order valence-electron chi connectivity index (χ4n) is 3.19. The molecule has 0 radical (unpaired) electrons. The van der Waals surface area contributed by atoms with Crippen molar-refractivity contribution in [3.05, 3.63) is 6.20 Å². The van der Waals surface area contributed by atoms with Crippen molar-refractivity contribution in [3.8, 4) is 11.5 Å². The van der Waals surface area contributed by atoms with Crippen LogP contribution in [0.1, 0.15) is 25.7 Å². The van der Waals surface area contributed by atoms with Crippen LogP contribution >= 0.6 is 0 Å². The van der Waals surface area contributed by atoms with E-state index in [1.807, 2.05) is 13.2 Å². The lowest BCUT2D eigenvalue weighted by Crippen LogP contribution is -2.38. The Morgan fingerprint density at radius 3 is 2.52 bits per heavy atom. The van der Waals surface area contributed by atoms with Gasteiger partial charge in [0.15, 0.2) is 11.5 Å². The number of ether oxygens (including phenoxy) is 1. The van der Waals surface area contributed by atoms with Gasteiger partial charge in [-0.1, -0.05) is 5.21 Å². The first-order chi connectivity index (χ1) is 11.2. The van der Waals surface area contributed by atoms with Gasteiger partial charge in [0.2, 0.25) is 5.95 Å². The minimum Gasteiger partial charge on any atom is -0.381 e. The van der Waals surface area contributed by atoms with Crippen molar-refractivity contribution in [3.63, 3.8) is 0 Å². The summed E-state index contributed by atoms with van der Waals surface area (Å²) in [7, 11) is 3.66. The number of anilines is 1. The molecule has 1 saturated heterocycles. The highest BCUT2D eigenvalue weighted by molar-refractivity contribution is 5.51. The van der Waals surface area contributed by atoms with Crippen LogP contribution in [0.5, 0.6) is 0 Å². The van der Waals surface area contributed by atoms with Crippen LogP contribution in [-0.2, 0) is 18.3 Å². The molecule has 0 amide bonds. The van der Waals surface area contributed by atoms with Crippen LogP contribution in [0.3, 0.4) is 0 Å². The maximum atomic E-state index is 5.47. The van der Waals surface area contributed by atoms with Gasteiger partial charge in [0, 0.05) is 33.8 Å². The number of hydrogen-bond donors (Lipinski definition) is 0. The molecule has 0 atom stereocenters. The summed E-state index contributed by atoms with van der Waals surface area (Å²) in [6.07, 6.45) is 6.92. The summed E-state index contributed by atoms with van der Waals surface area (Å²) in [5.41, 5.74) is 0.790. The molecule has 0 aromatic carbocycles. The Morgan fingerprint density at radius 1 is 1.13 bits per heavy atom. The van der Waals surface area contributed by atoms with E-state index in [0.717, 1.165) is 55.9 Å². The smallest absolute Gasteiger partial charge is 0.227 e. The molecule has 0 spiro atoms. The summed E-state index contributed by atoms with van der Waals surface area (Å²) in [6, 6.07) is 0. The Hall–Kier alpha value is -1.96. The van der Waals surface area contributed by atoms with Gasteiger partial charge in [0.05, 0.1) is 12.3 Å². The summed E-state index contributed by atoms with van der Waals surface area (Å²) in [5.74, 6) is 2.54. The zero-order valence-electron chi connectivity index (χ0n) is 13.7. The normalized spacial score (nSPS) is 19.5. The second-order valence-electron chi connectivity index (χ2n) is 6.58. The van der Waals surface area contributed by atoms with Crippen molar-refractivity contribution in [2.24, 2.45) is 13.0 Å². The minimum absolute atomic E-state index is 0.366. The fraction of sp³-hybridized carbons (Fsp3) is 0.733. The number of rotatable bonds is 5. The van der Waals surface area contributed by atoms with Crippen molar-refractivity contribution >= 4 is 5.95 Å². The summed E-state index contributed by atoms with van der Waals surface area (Å²) in [5, 5.41) is 17.1. The summed E-state index contributed by atoms with van der Waals surface area (Å²) < 4.78 is 9.40. The molecule has 2 aliphatic rings. The third-order valence-corrected chi connectivity index (χ3v) is 4.76. The molecule has 2 fully saturated rings. The summed E-state index contributed by atoms with van der Waals surface area (Å²) in [6.45, 7) is 2.89. The standard InChI is InChI=1S/C15H23N7O/c1-20-10-13(16-19-20)14-17-18-15(22(14)9-11-3-4-11)21-7-5-12(23-2)6-8-21/h10-12H,3-9H2,1-2H3. The fourth-order valence-corrected chi connectivity index (χ4v) is 3.19. The Morgan fingerprint density at radius 2 is 1.91 bits per heavy atom. The van der Waals surface area contributed by atoms with Gasteiger partial charge in [-0.15, -0.1) is 15.3 Å². The van der Waals surface area contributed by atoms with Crippen molar-refractivity contribution in [1.29, 1.82) is 0 Å². The van der Waals surface area contributed by atoms with Gasteiger partial charge in [-0.3, -0.25) is 9.25 Å². The molecule has 1 saturated carbocycles. The Labute approximate surface area is 135 Å². The molecule has 4 rings (SSSR count). The Kier molecular flexibility index (Phi) is 3.76. The largest absolute Gasteiger partial charge is 0.381 e. The van der Waals surface area contributed by atoms with E-state index >= 15 is 0 Å². The zero-order valence-corrected chi connectivity index (χ0v) is 13.7. The number of piperidine rings is 1. The van der Waals surface area contributed by atoms with Gasteiger partial charge in [0.25, 0.3) is 0 Å². The first-order valence-corrected chi connectivity index (χ1v) is 8.32. The second-order valence-corrected chi connectivity index (χ2v) is 6.58. The average molecular weight is 317 g/mol. The van der Waals surface area contributed by atoms with Crippen molar-refractivity contribution in [2.45, 2.75) is 38.3 Å². The van der Waals surface area contributed by atoms with E-state index in [0.29, 0.717) is 6.10 Å². The van der Waals surface area contributed by atoms with Crippen LogP contribution in [0, 0.1) is 5.92 Å². The molecule has 8 nitrogen and oxygen atoms in total. The van der Waals surface area contributed by atoms with Crippen LogP contribution in [0.4, 0.5) is 5.95 Å². The second kappa shape index (κ2) is 5.92.